The van der Waals surface area contributed by atoms with Crippen LogP contribution in [0.5, 0.6) is 0 Å². The van der Waals surface area contributed by atoms with Gasteiger partial charge in [0.05, 0.1) is 20.2 Å². The third-order valence-electron chi connectivity index (χ3n) is 12.8. The van der Waals surface area contributed by atoms with Crippen molar-refractivity contribution in [2.45, 2.75) is 70.1 Å². The predicted molar refractivity (Wildman–Crippen MR) is 259 cm³/mol. The lowest BCUT2D eigenvalue weighted by Gasteiger charge is -2.35. The molecule has 0 bridgehead atoms. The van der Waals surface area contributed by atoms with Crippen LogP contribution in [0, 0.1) is 6.92 Å². The largest absolute Gasteiger partial charge is 0.399 e. The summed E-state index contributed by atoms with van der Waals surface area (Å²) in [5.74, 6) is 0. The Bertz CT molecular complexity index is 3080. The van der Waals surface area contributed by atoms with Gasteiger partial charge in [-0.15, -0.1) is 45.3 Å². The highest BCUT2D eigenvalue weighted by Gasteiger charge is 2.54. The molecule has 4 heterocycles. The smallest absolute Gasteiger partial charge is 0.0736 e. The van der Waals surface area contributed by atoms with Crippen molar-refractivity contribution >= 4 is 75.5 Å². The van der Waals surface area contributed by atoms with Crippen LogP contribution in [-0.2, 0) is 21.7 Å². The summed E-state index contributed by atoms with van der Waals surface area (Å²) in [6, 6.07) is 48.2. The minimum Gasteiger partial charge on any atom is -0.399 e. The molecule has 6 heteroatoms. The Balaban J connectivity index is 1.33. The van der Waals surface area contributed by atoms with Crippen molar-refractivity contribution in [3.63, 3.8) is 0 Å². The van der Waals surface area contributed by atoms with Gasteiger partial charge in [0.25, 0.3) is 0 Å². The molecule has 2 nitrogen and oxygen atoms in total. The van der Waals surface area contributed by atoms with Crippen molar-refractivity contribution in [1.29, 1.82) is 0 Å². The quantitative estimate of drug-likeness (QED) is 0.174. The third kappa shape index (κ3) is 5.07. The fourth-order valence-electron chi connectivity index (χ4n) is 9.93. The zero-order valence-electron chi connectivity index (χ0n) is 34.4. The van der Waals surface area contributed by atoms with Crippen molar-refractivity contribution in [1.82, 2.24) is 0 Å². The van der Waals surface area contributed by atoms with E-state index in [0.29, 0.717) is 0 Å². The van der Waals surface area contributed by atoms with E-state index in [1.807, 2.05) is 45.3 Å². The van der Waals surface area contributed by atoms with Gasteiger partial charge >= 0.3 is 0 Å². The second-order valence-corrected chi connectivity index (χ2v) is 22.8. The van der Waals surface area contributed by atoms with E-state index in [4.69, 9.17) is 11.5 Å². The number of rotatable bonds is 4. The summed E-state index contributed by atoms with van der Waals surface area (Å²) < 4.78 is 5.51. The van der Waals surface area contributed by atoms with Crippen LogP contribution < -0.4 is 11.5 Å². The highest BCUT2D eigenvalue weighted by Crippen LogP contribution is 2.68. The SMILES string of the molecule is Cc1ccc(C2(c3ccc(N)cc3)c3cc4c(cc3-c3sc5cc(C(C)(C)C)sc5c32)C(c2ccccc2)(c2ccc(N)cc2)c2c-4sc3cc(C(C)(C)C)sc23)cc1. The topological polar surface area (TPSA) is 52.0 Å². The van der Waals surface area contributed by atoms with Crippen molar-refractivity contribution in [2.75, 3.05) is 11.5 Å². The molecule has 2 aliphatic carbocycles. The zero-order valence-corrected chi connectivity index (χ0v) is 37.7. The van der Waals surface area contributed by atoms with Crippen LogP contribution in [0.4, 0.5) is 11.4 Å². The van der Waals surface area contributed by atoms with E-state index in [9.17, 15) is 0 Å². The molecule has 4 N–H and O–H groups in total. The van der Waals surface area contributed by atoms with Crippen LogP contribution in [-0.4, -0.2) is 0 Å². The number of aryl methyl sites for hydroxylation is 1. The fourth-order valence-corrected chi connectivity index (χ4v) is 15.6. The number of nitrogens with two attached hydrogens (primary N) is 2. The van der Waals surface area contributed by atoms with E-state index in [-0.39, 0.29) is 10.8 Å². The van der Waals surface area contributed by atoms with Gasteiger partial charge in [0, 0.05) is 51.4 Å². The van der Waals surface area contributed by atoms with Crippen LogP contribution in [0.1, 0.15) is 101 Å². The molecule has 5 aromatic carbocycles. The third-order valence-corrected chi connectivity index (χ3v) is 18.5. The van der Waals surface area contributed by atoms with E-state index in [0.717, 1.165) is 11.4 Å². The summed E-state index contributed by atoms with van der Waals surface area (Å²) in [7, 11) is 0. The van der Waals surface area contributed by atoms with Crippen LogP contribution in [0.15, 0.2) is 127 Å². The normalized spacial score (nSPS) is 18.4. The summed E-state index contributed by atoms with van der Waals surface area (Å²) in [6.45, 7) is 16.2. The number of hydrogen-bond donors (Lipinski definition) is 2. The Morgan fingerprint density at radius 2 is 0.814 bits per heavy atom. The van der Waals surface area contributed by atoms with E-state index in [1.54, 1.807) is 0 Å². The van der Waals surface area contributed by atoms with Crippen LogP contribution >= 0.6 is 45.3 Å². The standard InChI is InChI=1S/C53H46N2S4/c1-29-13-15-31(16-14-29)53(33-19-23-35(55)24-20-33)39-26-36-38(25-37(39)47-45(53)49-41(57-47)28-43(59-49)51(5,6)7)52(30-11-9-8-10-12-30,32-17-21-34(54)22-18-32)44-46(36)56-40-27-42(50(2,3)4)58-48(40)44/h8-28H,54-55H2,1-7H3. The first-order valence-electron chi connectivity index (χ1n) is 20.4. The van der Waals surface area contributed by atoms with Crippen molar-refractivity contribution in [2.24, 2.45) is 0 Å². The number of thiophene rings is 4. The first-order valence-corrected chi connectivity index (χ1v) is 23.7. The number of anilines is 2. The molecule has 0 saturated heterocycles. The number of benzene rings is 5. The lowest BCUT2D eigenvalue weighted by Crippen LogP contribution is -2.30. The first kappa shape index (κ1) is 37.1. The molecule has 0 saturated carbocycles. The number of fused-ring (bicyclic) bond motifs is 10. The first-order chi connectivity index (χ1) is 28.2. The second-order valence-electron chi connectivity index (χ2n) is 18.6. The van der Waals surface area contributed by atoms with Crippen molar-refractivity contribution in [3.05, 3.63) is 187 Å². The van der Waals surface area contributed by atoms with Crippen LogP contribution in [0.2, 0.25) is 0 Å². The highest BCUT2D eigenvalue weighted by molar-refractivity contribution is 7.30. The Morgan fingerprint density at radius 3 is 1.20 bits per heavy atom. The molecule has 2 unspecified atom stereocenters. The molecule has 59 heavy (non-hydrogen) atoms. The average Bonchev–Trinajstić information content (AvgIpc) is 4.03. The Labute approximate surface area is 362 Å². The summed E-state index contributed by atoms with van der Waals surface area (Å²) in [5.41, 5.74) is 27.9. The van der Waals surface area contributed by atoms with Gasteiger partial charge in [0.15, 0.2) is 0 Å². The summed E-state index contributed by atoms with van der Waals surface area (Å²) in [4.78, 5) is 5.57. The van der Waals surface area contributed by atoms with Gasteiger partial charge < -0.3 is 11.5 Å². The Morgan fingerprint density at radius 1 is 0.441 bits per heavy atom. The molecule has 0 spiro atoms. The maximum atomic E-state index is 6.48. The molecule has 292 valence electrons. The van der Waals surface area contributed by atoms with E-state index in [1.165, 1.54) is 99.5 Å². The van der Waals surface area contributed by atoms with Gasteiger partial charge in [-0.3, -0.25) is 0 Å². The number of nitrogen functional groups attached to an aromatic ring is 2. The van der Waals surface area contributed by atoms with E-state index in [2.05, 4.69) is 176 Å². The predicted octanol–water partition coefficient (Wildman–Crippen LogP) is 15.0. The molecule has 0 radical (unpaired) electrons. The molecule has 4 aromatic heterocycles. The monoisotopic (exact) mass is 838 g/mol. The van der Waals surface area contributed by atoms with Gasteiger partial charge in [0.2, 0.25) is 0 Å². The lowest BCUT2D eigenvalue weighted by molar-refractivity contribution is 0.604. The summed E-state index contributed by atoms with van der Waals surface area (Å²) in [5, 5.41) is 0. The van der Waals surface area contributed by atoms with Crippen LogP contribution in [0.25, 0.3) is 39.7 Å². The molecule has 11 rings (SSSR count). The molecule has 9 aromatic rings. The molecule has 2 aliphatic rings. The average molecular weight is 839 g/mol. The molecule has 0 fully saturated rings. The summed E-state index contributed by atoms with van der Waals surface area (Å²) in [6.07, 6.45) is 0. The molecular weight excluding hydrogens is 793 g/mol. The van der Waals surface area contributed by atoms with Crippen molar-refractivity contribution < 1.29 is 0 Å². The van der Waals surface area contributed by atoms with Crippen molar-refractivity contribution in [3.8, 4) is 20.9 Å². The van der Waals surface area contributed by atoms with E-state index >= 15 is 0 Å². The fraction of sp³-hybridized carbons (Fsp3) is 0.208. The molecule has 0 amide bonds. The lowest BCUT2D eigenvalue weighted by atomic mass is 9.66. The maximum absolute atomic E-state index is 6.48. The Hall–Kier alpha value is -4.98. The van der Waals surface area contributed by atoms with Crippen LogP contribution in [0.3, 0.4) is 0 Å². The highest BCUT2D eigenvalue weighted by atomic mass is 32.1. The zero-order chi connectivity index (χ0) is 40.8. The minimum absolute atomic E-state index is 0.0419. The molecular formula is C53H46N2S4. The van der Waals surface area contributed by atoms with Gasteiger partial charge in [-0.05, 0) is 111 Å². The van der Waals surface area contributed by atoms with E-state index < -0.39 is 10.8 Å². The molecule has 2 atom stereocenters. The van der Waals surface area contributed by atoms with Gasteiger partial charge in [-0.2, -0.15) is 0 Å². The summed E-state index contributed by atoms with van der Waals surface area (Å²) >= 11 is 7.90. The van der Waals surface area contributed by atoms with Gasteiger partial charge in [0.1, 0.15) is 0 Å². The second kappa shape index (κ2) is 12.5. The Kier molecular flexibility index (Phi) is 7.87. The minimum atomic E-state index is -0.563. The molecule has 0 aliphatic heterocycles. The van der Waals surface area contributed by atoms with Gasteiger partial charge in [-0.25, -0.2) is 0 Å². The number of hydrogen-bond acceptors (Lipinski definition) is 6. The van der Waals surface area contributed by atoms with Gasteiger partial charge in [-0.1, -0.05) is 126 Å². The maximum Gasteiger partial charge on any atom is 0.0736 e.